The Labute approximate surface area is 72.5 Å². The Balaban J connectivity index is 1.72. The maximum atomic E-state index is 11.0. The van der Waals surface area contributed by atoms with Crippen molar-refractivity contribution in [1.82, 2.24) is 5.32 Å². The average Bonchev–Trinajstić information content (AvgIpc) is 2.51. The first kappa shape index (κ1) is 7.90. The summed E-state index contributed by atoms with van der Waals surface area (Å²) in [5, 5.41) is 2.90. The molecule has 3 atom stereocenters. The van der Waals surface area contributed by atoms with Crippen LogP contribution in [0, 0.1) is 11.8 Å². The smallest absolute Gasteiger partial charge is 0.407 e. The molecular weight excluding hydrogens is 154 g/mol. The van der Waals surface area contributed by atoms with E-state index in [9.17, 15) is 4.79 Å². The molecule has 2 saturated carbocycles. The Kier molecular flexibility index (Phi) is 1.95. The molecule has 0 bridgehead atoms. The molecule has 1 unspecified atom stereocenters. The van der Waals surface area contributed by atoms with Gasteiger partial charge in [-0.15, -0.1) is 0 Å². The molecule has 0 aromatic heterocycles. The molecule has 0 radical (unpaired) electrons. The third-order valence-electron chi connectivity index (χ3n) is 2.97. The summed E-state index contributed by atoms with van der Waals surface area (Å²) in [6.07, 6.45) is 3.69. The van der Waals surface area contributed by atoms with Crippen LogP contribution < -0.4 is 5.32 Å². The van der Waals surface area contributed by atoms with Gasteiger partial charge >= 0.3 is 6.09 Å². The lowest BCUT2D eigenvalue weighted by Crippen LogP contribution is -2.29. The van der Waals surface area contributed by atoms with E-state index in [4.69, 9.17) is 4.74 Å². The number of carbonyl (C=O) groups excluding carboxylic acids is 1. The molecule has 0 heterocycles. The Morgan fingerprint density at radius 1 is 1.50 bits per heavy atom. The van der Waals surface area contributed by atoms with Crippen molar-refractivity contribution in [1.29, 1.82) is 0 Å². The van der Waals surface area contributed by atoms with Gasteiger partial charge in [-0.25, -0.2) is 4.79 Å². The van der Waals surface area contributed by atoms with Crippen molar-refractivity contribution >= 4 is 6.09 Å². The lowest BCUT2D eigenvalue weighted by molar-refractivity contribution is 0.150. The fraction of sp³-hybridized carbons (Fsp3) is 0.889. The number of rotatable bonds is 2. The van der Waals surface area contributed by atoms with E-state index in [2.05, 4.69) is 5.32 Å². The van der Waals surface area contributed by atoms with Gasteiger partial charge in [-0.2, -0.15) is 0 Å². The zero-order valence-electron chi connectivity index (χ0n) is 7.38. The first-order chi connectivity index (χ1) is 5.83. The summed E-state index contributed by atoms with van der Waals surface area (Å²) in [5.41, 5.74) is 0. The van der Waals surface area contributed by atoms with Gasteiger partial charge in [0.25, 0.3) is 0 Å². The second kappa shape index (κ2) is 2.96. The van der Waals surface area contributed by atoms with E-state index in [-0.39, 0.29) is 6.09 Å². The zero-order chi connectivity index (χ0) is 8.55. The van der Waals surface area contributed by atoms with Crippen LogP contribution in [0.4, 0.5) is 4.79 Å². The van der Waals surface area contributed by atoms with E-state index in [0.29, 0.717) is 12.6 Å². The van der Waals surface area contributed by atoms with Gasteiger partial charge in [-0.1, -0.05) is 6.42 Å². The molecule has 3 nitrogen and oxygen atoms in total. The predicted octanol–water partition coefficient (Wildman–Crippen LogP) is 1.53. The summed E-state index contributed by atoms with van der Waals surface area (Å²) >= 11 is 0. The zero-order valence-corrected chi connectivity index (χ0v) is 7.38. The highest BCUT2D eigenvalue weighted by molar-refractivity contribution is 5.68. The molecule has 12 heavy (non-hydrogen) atoms. The number of alkyl carbamates (subject to hydrolysis) is 1. The van der Waals surface area contributed by atoms with Crippen LogP contribution in [0.5, 0.6) is 0 Å². The highest BCUT2D eigenvalue weighted by Crippen LogP contribution is 2.51. The van der Waals surface area contributed by atoms with Crippen LogP contribution in [0.2, 0.25) is 0 Å². The fourth-order valence-corrected chi connectivity index (χ4v) is 2.34. The molecule has 2 aliphatic rings. The average molecular weight is 169 g/mol. The van der Waals surface area contributed by atoms with Gasteiger partial charge in [0.15, 0.2) is 0 Å². The summed E-state index contributed by atoms with van der Waals surface area (Å²) in [5.74, 6) is 1.55. The lowest BCUT2D eigenvalue weighted by atomic mass is 10.2. The predicted molar refractivity (Wildman–Crippen MR) is 44.8 cm³/mol. The van der Waals surface area contributed by atoms with Crippen LogP contribution >= 0.6 is 0 Å². The van der Waals surface area contributed by atoms with Crippen molar-refractivity contribution < 1.29 is 9.53 Å². The van der Waals surface area contributed by atoms with Gasteiger partial charge in [-0.3, -0.25) is 0 Å². The number of carbonyl (C=O) groups is 1. The van der Waals surface area contributed by atoms with Gasteiger partial charge in [0.05, 0.1) is 6.61 Å². The van der Waals surface area contributed by atoms with Crippen molar-refractivity contribution in [2.24, 2.45) is 11.8 Å². The Hall–Kier alpha value is -0.730. The van der Waals surface area contributed by atoms with Crippen molar-refractivity contribution in [3.8, 4) is 0 Å². The fourth-order valence-electron chi connectivity index (χ4n) is 2.34. The first-order valence-electron chi connectivity index (χ1n) is 4.76. The minimum Gasteiger partial charge on any atom is -0.450 e. The van der Waals surface area contributed by atoms with Gasteiger partial charge < -0.3 is 10.1 Å². The number of fused-ring (bicyclic) bond motifs is 1. The summed E-state index contributed by atoms with van der Waals surface area (Å²) < 4.78 is 4.81. The molecule has 0 aromatic carbocycles. The van der Waals surface area contributed by atoms with Gasteiger partial charge in [0, 0.05) is 6.04 Å². The highest BCUT2D eigenvalue weighted by atomic mass is 16.5. The minimum atomic E-state index is -0.239. The normalized spacial score (nSPS) is 37.2. The lowest BCUT2D eigenvalue weighted by Gasteiger charge is -2.05. The maximum absolute atomic E-state index is 11.0. The molecule has 68 valence electrons. The number of ether oxygens (including phenoxy) is 1. The monoisotopic (exact) mass is 169 g/mol. The van der Waals surface area contributed by atoms with Gasteiger partial charge in [-0.05, 0) is 31.6 Å². The standard InChI is InChI=1S/C9H15NO2/c1-2-12-9(11)10-8-6-4-3-5-7(6)8/h6-8H,2-5H2,1H3,(H,10,11)/t6-,7+,8?. The van der Waals surface area contributed by atoms with Crippen LogP contribution in [0.25, 0.3) is 0 Å². The largest absolute Gasteiger partial charge is 0.450 e. The molecule has 0 saturated heterocycles. The highest BCUT2D eigenvalue weighted by Gasteiger charge is 2.53. The molecule has 3 heteroatoms. The van der Waals surface area contributed by atoms with Crippen LogP contribution in [-0.4, -0.2) is 18.7 Å². The van der Waals surface area contributed by atoms with Gasteiger partial charge in [0.1, 0.15) is 0 Å². The van der Waals surface area contributed by atoms with Crippen molar-refractivity contribution in [3.05, 3.63) is 0 Å². The van der Waals surface area contributed by atoms with Gasteiger partial charge in [0.2, 0.25) is 0 Å². The van der Waals surface area contributed by atoms with Crippen LogP contribution in [0.3, 0.4) is 0 Å². The van der Waals surface area contributed by atoms with Crippen molar-refractivity contribution in [3.63, 3.8) is 0 Å². The molecule has 0 aliphatic heterocycles. The van der Waals surface area contributed by atoms with Crippen molar-refractivity contribution in [2.45, 2.75) is 32.2 Å². The van der Waals surface area contributed by atoms with E-state index in [1.165, 1.54) is 19.3 Å². The minimum absolute atomic E-state index is 0.239. The Morgan fingerprint density at radius 3 is 2.75 bits per heavy atom. The molecule has 2 fully saturated rings. The van der Waals surface area contributed by atoms with E-state index in [1.807, 2.05) is 6.92 Å². The summed E-state index contributed by atoms with van der Waals surface area (Å²) in [6, 6.07) is 0.442. The van der Waals surface area contributed by atoms with Crippen LogP contribution in [0.1, 0.15) is 26.2 Å². The molecular formula is C9H15NO2. The summed E-state index contributed by atoms with van der Waals surface area (Å²) in [7, 11) is 0. The number of hydrogen-bond donors (Lipinski definition) is 1. The molecule has 0 aromatic rings. The van der Waals surface area contributed by atoms with E-state index in [0.717, 1.165) is 11.8 Å². The topological polar surface area (TPSA) is 38.3 Å². The maximum Gasteiger partial charge on any atom is 0.407 e. The molecule has 1 N–H and O–H groups in total. The van der Waals surface area contributed by atoms with Crippen molar-refractivity contribution in [2.75, 3.05) is 6.61 Å². The Bertz CT molecular complexity index is 183. The number of hydrogen-bond acceptors (Lipinski definition) is 2. The summed E-state index contributed by atoms with van der Waals surface area (Å²) in [6.45, 7) is 2.29. The molecule has 2 rings (SSSR count). The SMILES string of the molecule is CCOC(=O)NC1[C@H]2CCC[C@@H]12. The quantitative estimate of drug-likeness (QED) is 0.680. The van der Waals surface area contributed by atoms with E-state index >= 15 is 0 Å². The first-order valence-corrected chi connectivity index (χ1v) is 4.76. The second-order valence-electron chi connectivity index (χ2n) is 3.65. The molecule has 0 spiro atoms. The van der Waals surface area contributed by atoms with E-state index < -0.39 is 0 Å². The Morgan fingerprint density at radius 2 is 2.17 bits per heavy atom. The van der Waals surface area contributed by atoms with Crippen LogP contribution in [0.15, 0.2) is 0 Å². The second-order valence-corrected chi connectivity index (χ2v) is 3.65. The third-order valence-corrected chi connectivity index (χ3v) is 2.97. The number of nitrogens with one attached hydrogen (secondary N) is 1. The van der Waals surface area contributed by atoms with Crippen LogP contribution in [-0.2, 0) is 4.74 Å². The third kappa shape index (κ3) is 1.28. The van der Waals surface area contributed by atoms with E-state index in [1.54, 1.807) is 0 Å². The summed E-state index contributed by atoms with van der Waals surface area (Å²) in [4.78, 5) is 11.0. The molecule has 2 aliphatic carbocycles. The number of amides is 1. The molecule has 1 amide bonds.